The number of rotatable bonds is 9. The van der Waals surface area contributed by atoms with Gasteiger partial charge in [-0.3, -0.25) is 4.79 Å². The molecule has 24 heavy (non-hydrogen) atoms. The first kappa shape index (κ1) is 18.5. The van der Waals surface area contributed by atoms with E-state index in [2.05, 4.69) is 46.4 Å². The second-order valence-electron chi connectivity index (χ2n) is 5.21. The Morgan fingerprint density at radius 2 is 2.29 bits per heavy atom. The highest BCUT2D eigenvalue weighted by Gasteiger charge is 2.19. The molecule has 7 nitrogen and oxygen atoms in total. The van der Waals surface area contributed by atoms with Crippen LogP contribution >= 0.6 is 23.1 Å². The van der Waals surface area contributed by atoms with Crippen LogP contribution in [-0.2, 0) is 4.79 Å². The number of hydrogen-bond donors (Lipinski definition) is 2. The van der Waals surface area contributed by atoms with Crippen LogP contribution in [-0.4, -0.2) is 37.7 Å². The zero-order valence-corrected chi connectivity index (χ0v) is 15.7. The second-order valence-corrected chi connectivity index (χ2v) is 7.78. The lowest BCUT2D eigenvalue weighted by Crippen LogP contribution is -2.24. The minimum atomic E-state index is -0.287. The number of anilines is 2. The molecule has 2 N–H and O–H groups in total. The number of nitrogens with zero attached hydrogens (tertiary/aromatic N) is 4. The molecule has 0 fully saturated rings. The van der Waals surface area contributed by atoms with Crippen molar-refractivity contribution in [1.29, 1.82) is 0 Å². The summed E-state index contributed by atoms with van der Waals surface area (Å²) < 4.78 is 2.58. The zero-order chi connectivity index (χ0) is 17.5. The Morgan fingerprint density at radius 1 is 1.50 bits per heavy atom. The zero-order valence-electron chi connectivity index (χ0n) is 14.0. The monoisotopic (exact) mass is 366 g/mol. The van der Waals surface area contributed by atoms with Gasteiger partial charge in [0.05, 0.1) is 17.5 Å². The molecule has 2 aromatic heterocycles. The van der Waals surface area contributed by atoms with Crippen LogP contribution in [0.3, 0.4) is 0 Å². The molecule has 0 aliphatic carbocycles. The standard InChI is InChI=1S/C15H22N6OS2/c1-5-8-16-14-19-20-15(24-14)23-11(4)13(22)18-12-7-9-17-21(12)10(3)6-2/h5,7,9-11H,1,6,8H2,2-4H3,(H,16,19)(H,18,22)/t10-,11+/m1/s1. The Morgan fingerprint density at radius 3 is 3.00 bits per heavy atom. The number of nitrogens with one attached hydrogen (secondary N) is 2. The Bertz CT molecular complexity index is 683. The Labute approximate surface area is 149 Å². The third-order valence-corrected chi connectivity index (χ3v) is 5.45. The number of carbonyl (C=O) groups is 1. The van der Waals surface area contributed by atoms with Crippen molar-refractivity contribution in [2.45, 2.75) is 42.8 Å². The van der Waals surface area contributed by atoms with Gasteiger partial charge in [0.1, 0.15) is 5.82 Å². The van der Waals surface area contributed by atoms with Crippen LogP contribution in [0, 0.1) is 0 Å². The fourth-order valence-corrected chi connectivity index (χ4v) is 3.76. The van der Waals surface area contributed by atoms with E-state index in [9.17, 15) is 4.79 Å². The fourth-order valence-electron chi connectivity index (χ4n) is 1.86. The van der Waals surface area contributed by atoms with Gasteiger partial charge in [0, 0.05) is 12.6 Å². The molecule has 0 aromatic carbocycles. The minimum absolute atomic E-state index is 0.0825. The molecular weight excluding hydrogens is 344 g/mol. The molecule has 130 valence electrons. The summed E-state index contributed by atoms with van der Waals surface area (Å²) in [4.78, 5) is 12.4. The van der Waals surface area contributed by atoms with E-state index in [0.29, 0.717) is 12.4 Å². The van der Waals surface area contributed by atoms with Crippen molar-refractivity contribution in [3.8, 4) is 0 Å². The maximum atomic E-state index is 12.4. The van der Waals surface area contributed by atoms with Gasteiger partial charge in [-0.1, -0.05) is 36.1 Å². The summed E-state index contributed by atoms with van der Waals surface area (Å²) in [5.74, 6) is 0.633. The number of hydrogen-bond acceptors (Lipinski definition) is 7. The molecule has 0 radical (unpaired) electrons. The van der Waals surface area contributed by atoms with Crippen LogP contribution in [0.2, 0.25) is 0 Å². The quantitative estimate of drug-likeness (QED) is 0.522. The lowest BCUT2D eigenvalue weighted by molar-refractivity contribution is -0.115. The normalized spacial score (nSPS) is 13.3. The summed E-state index contributed by atoms with van der Waals surface area (Å²) in [5, 5.41) is 18.8. The maximum absolute atomic E-state index is 12.4. The topological polar surface area (TPSA) is 84.7 Å². The Kier molecular flexibility index (Phi) is 6.80. The third kappa shape index (κ3) is 4.81. The van der Waals surface area contributed by atoms with Gasteiger partial charge in [0.25, 0.3) is 0 Å². The smallest absolute Gasteiger partial charge is 0.238 e. The van der Waals surface area contributed by atoms with E-state index in [-0.39, 0.29) is 17.2 Å². The van der Waals surface area contributed by atoms with Gasteiger partial charge >= 0.3 is 0 Å². The first-order valence-corrected chi connectivity index (χ1v) is 9.44. The molecule has 0 unspecified atom stereocenters. The van der Waals surface area contributed by atoms with Gasteiger partial charge in [-0.25, -0.2) is 4.68 Å². The molecule has 0 bridgehead atoms. The van der Waals surface area contributed by atoms with Crippen molar-refractivity contribution >= 4 is 40.0 Å². The molecule has 2 rings (SSSR count). The van der Waals surface area contributed by atoms with E-state index in [1.54, 1.807) is 12.3 Å². The second kappa shape index (κ2) is 8.84. The molecule has 0 saturated carbocycles. The molecule has 0 aliphatic rings. The molecule has 0 saturated heterocycles. The SMILES string of the molecule is C=CCNc1nnc(S[C@@H](C)C(=O)Nc2ccnn2[C@H](C)CC)s1. The predicted molar refractivity (Wildman–Crippen MR) is 99.8 cm³/mol. The van der Waals surface area contributed by atoms with Gasteiger partial charge in [0.15, 0.2) is 4.34 Å². The van der Waals surface area contributed by atoms with E-state index in [4.69, 9.17) is 0 Å². The highest BCUT2D eigenvalue weighted by atomic mass is 32.2. The van der Waals surface area contributed by atoms with Crippen molar-refractivity contribution in [3.63, 3.8) is 0 Å². The molecule has 0 aliphatic heterocycles. The first-order chi connectivity index (χ1) is 11.5. The van der Waals surface area contributed by atoms with Gasteiger partial charge < -0.3 is 10.6 Å². The summed E-state index contributed by atoms with van der Waals surface area (Å²) in [6.07, 6.45) is 4.40. The van der Waals surface area contributed by atoms with Crippen LogP contribution < -0.4 is 10.6 Å². The molecule has 2 aromatic rings. The molecule has 1 amide bonds. The van der Waals surface area contributed by atoms with Crippen molar-refractivity contribution in [2.24, 2.45) is 0 Å². The van der Waals surface area contributed by atoms with E-state index in [0.717, 1.165) is 15.9 Å². The van der Waals surface area contributed by atoms with Crippen molar-refractivity contribution < 1.29 is 4.79 Å². The summed E-state index contributed by atoms with van der Waals surface area (Å²) in [5.41, 5.74) is 0. The number of amides is 1. The van der Waals surface area contributed by atoms with Crippen LogP contribution in [0.25, 0.3) is 0 Å². The predicted octanol–water partition coefficient (Wildman–Crippen LogP) is 3.42. The highest BCUT2D eigenvalue weighted by Crippen LogP contribution is 2.29. The van der Waals surface area contributed by atoms with Crippen molar-refractivity contribution in [3.05, 3.63) is 24.9 Å². The largest absolute Gasteiger partial charge is 0.357 e. The summed E-state index contributed by atoms with van der Waals surface area (Å²) in [7, 11) is 0. The van der Waals surface area contributed by atoms with E-state index in [1.165, 1.54) is 23.1 Å². The lowest BCUT2D eigenvalue weighted by atomic mass is 10.3. The highest BCUT2D eigenvalue weighted by molar-refractivity contribution is 8.02. The Hall–Kier alpha value is -1.87. The fraction of sp³-hybridized carbons (Fsp3) is 0.467. The Balaban J connectivity index is 1.94. The van der Waals surface area contributed by atoms with Crippen LogP contribution in [0.5, 0.6) is 0 Å². The average Bonchev–Trinajstić information content (AvgIpc) is 3.21. The van der Waals surface area contributed by atoms with Crippen molar-refractivity contribution in [1.82, 2.24) is 20.0 Å². The molecule has 0 spiro atoms. The van der Waals surface area contributed by atoms with Gasteiger partial charge in [-0.15, -0.1) is 16.8 Å². The van der Waals surface area contributed by atoms with E-state index in [1.807, 2.05) is 17.7 Å². The summed E-state index contributed by atoms with van der Waals surface area (Å²) >= 11 is 2.81. The number of aromatic nitrogens is 4. The van der Waals surface area contributed by atoms with E-state index < -0.39 is 0 Å². The minimum Gasteiger partial charge on any atom is -0.357 e. The van der Waals surface area contributed by atoms with Gasteiger partial charge in [-0.2, -0.15) is 5.10 Å². The lowest BCUT2D eigenvalue weighted by Gasteiger charge is -2.15. The third-order valence-electron chi connectivity index (χ3n) is 3.38. The maximum Gasteiger partial charge on any atom is 0.238 e. The number of carbonyl (C=O) groups excluding carboxylic acids is 1. The van der Waals surface area contributed by atoms with Crippen LogP contribution in [0.4, 0.5) is 10.9 Å². The van der Waals surface area contributed by atoms with Gasteiger partial charge in [0.2, 0.25) is 11.0 Å². The molecule has 2 atom stereocenters. The summed E-state index contributed by atoms with van der Waals surface area (Å²) in [6, 6.07) is 2.05. The van der Waals surface area contributed by atoms with Crippen LogP contribution in [0.1, 0.15) is 33.2 Å². The van der Waals surface area contributed by atoms with Gasteiger partial charge in [-0.05, 0) is 20.3 Å². The summed E-state index contributed by atoms with van der Waals surface area (Å²) in [6.45, 7) is 10.3. The molecule has 2 heterocycles. The molecular formula is C15H22N6OS2. The van der Waals surface area contributed by atoms with Crippen LogP contribution in [0.15, 0.2) is 29.3 Å². The number of thioether (sulfide) groups is 1. The van der Waals surface area contributed by atoms with Crippen molar-refractivity contribution in [2.75, 3.05) is 17.2 Å². The van der Waals surface area contributed by atoms with E-state index >= 15 is 0 Å². The molecule has 9 heteroatoms. The first-order valence-electron chi connectivity index (χ1n) is 7.74. The average molecular weight is 367 g/mol.